The number of carboxylic acid groups (broad SMARTS) is 1. The van der Waals surface area contributed by atoms with Gasteiger partial charge in [0.25, 0.3) is 0 Å². The molecule has 1 aromatic rings. The van der Waals surface area contributed by atoms with Crippen molar-refractivity contribution in [1.82, 2.24) is 9.97 Å². The molecule has 0 radical (unpaired) electrons. The first kappa shape index (κ1) is 13.6. The molecule has 0 aliphatic carbocycles. The number of hydrogen-bond acceptors (Lipinski definition) is 5. The third kappa shape index (κ3) is 3.56. The summed E-state index contributed by atoms with van der Waals surface area (Å²) < 4.78 is 5.15. The Labute approximate surface area is 112 Å². The summed E-state index contributed by atoms with van der Waals surface area (Å²) >= 11 is 0. The zero-order valence-corrected chi connectivity index (χ0v) is 11.3. The predicted octanol–water partition coefficient (Wildman–Crippen LogP) is 1.48. The summed E-state index contributed by atoms with van der Waals surface area (Å²) in [6.45, 7) is 3.45. The fourth-order valence-electron chi connectivity index (χ4n) is 2.48. The Bertz CT molecular complexity index is 464. The summed E-state index contributed by atoms with van der Waals surface area (Å²) in [7, 11) is 1.58. The van der Waals surface area contributed by atoms with Crippen molar-refractivity contribution in [3.8, 4) is 5.88 Å². The van der Waals surface area contributed by atoms with Crippen LogP contribution < -0.4 is 9.64 Å². The van der Waals surface area contributed by atoms with Crippen LogP contribution in [0, 0.1) is 12.8 Å². The first-order chi connectivity index (χ1) is 9.08. The number of anilines is 1. The topological polar surface area (TPSA) is 75.5 Å². The molecule has 2 rings (SSSR count). The minimum Gasteiger partial charge on any atom is -0.481 e. The molecule has 0 amide bonds. The molecule has 1 unspecified atom stereocenters. The van der Waals surface area contributed by atoms with Crippen LogP contribution in [0.2, 0.25) is 0 Å². The number of rotatable bonds is 4. The van der Waals surface area contributed by atoms with E-state index in [1.165, 1.54) is 0 Å². The Morgan fingerprint density at radius 2 is 2.37 bits per heavy atom. The highest BCUT2D eigenvalue weighted by molar-refractivity contribution is 5.67. The highest BCUT2D eigenvalue weighted by atomic mass is 16.5. The van der Waals surface area contributed by atoms with Crippen LogP contribution in [-0.4, -0.2) is 41.2 Å². The Balaban J connectivity index is 2.12. The van der Waals surface area contributed by atoms with E-state index in [4.69, 9.17) is 9.84 Å². The average Bonchev–Trinajstić information content (AvgIpc) is 2.37. The molecule has 6 heteroatoms. The van der Waals surface area contributed by atoms with Crippen LogP contribution in [0.4, 0.5) is 5.82 Å². The first-order valence-electron chi connectivity index (χ1n) is 6.45. The van der Waals surface area contributed by atoms with Crippen molar-refractivity contribution in [3.63, 3.8) is 0 Å². The lowest BCUT2D eigenvalue weighted by Gasteiger charge is -2.33. The molecule has 1 fully saturated rings. The van der Waals surface area contributed by atoms with Gasteiger partial charge in [-0.2, -0.15) is 4.98 Å². The van der Waals surface area contributed by atoms with E-state index in [0.717, 1.165) is 31.7 Å². The van der Waals surface area contributed by atoms with Gasteiger partial charge < -0.3 is 14.7 Å². The average molecular weight is 265 g/mol. The third-order valence-corrected chi connectivity index (χ3v) is 3.32. The second-order valence-electron chi connectivity index (χ2n) is 4.87. The molecule has 0 bridgehead atoms. The second kappa shape index (κ2) is 5.86. The van der Waals surface area contributed by atoms with Crippen LogP contribution in [0.3, 0.4) is 0 Å². The number of hydrogen-bond donors (Lipinski definition) is 1. The zero-order valence-electron chi connectivity index (χ0n) is 11.3. The molecule has 1 aliphatic heterocycles. The van der Waals surface area contributed by atoms with E-state index in [9.17, 15) is 4.79 Å². The largest absolute Gasteiger partial charge is 0.481 e. The number of carbonyl (C=O) groups is 1. The van der Waals surface area contributed by atoms with Gasteiger partial charge in [-0.25, -0.2) is 4.98 Å². The summed E-state index contributed by atoms with van der Waals surface area (Å²) in [6.07, 6.45) is 2.17. The summed E-state index contributed by atoms with van der Waals surface area (Å²) in [5.74, 6) is 1.48. The van der Waals surface area contributed by atoms with Crippen molar-refractivity contribution < 1.29 is 14.6 Å². The first-order valence-corrected chi connectivity index (χ1v) is 6.45. The van der Waals surface area contributed by atoms with E-state index in [1.54, 1.807) is 13.2 Å². The van der Waals surface area contributed by atoms with E-state index in [2.05, 4.69) is 14.9 Å². The molecule has 19 heavy (non-hydrogen) atoms. The van der Waals surface area contributed by atoms with Crippen LogP contribution in [-0.2, 0) is 4.79 Å². The lowest BCUT2D eigenvalue weighted by atomic mass is 9.95. The van der Waals surface area contributed by atoms with Gasteiger partial charge in [-0.05, 0) is 25.7 Å². The van der Waals surface area contributed by atoms with Crippen LogP contribution in [0.15, 0.2) is 6.07 Å². The molecule has 1 aromatic heterocycles. The fraction of sp³-hybridized carbons (Fsp3) is 0.615. The summed E-state index contributed by atoms with van der Waals surface area (Å²) in [4.78, 5) is 21.5. The molecular formula is C13H19N3O3. The number of methoxy groups -OCH3 is 1. The van der Waals surface area contributed by atoms with E-state index in [-0.39, 0.29) is 12.3 Å². The lowest BCUT2D eigenvalue weighted by molar-refractivity contribution is -0.138. The Kier molecular flexibility index (Phi) is 4.19. The minimum atomic E-state index is -0.733. The van der Waals surface area contributed by atoms with E-state index < -0.39 is 5.97 Å². The quantitative estimate of drug-likeness (QED) is 0.888. The molecule has 2 heterocycles. The maximum atomic E-state index is 10.8. The van der Waals surface area contributed by atoms with Crippen molar-refractivity contribution in [1.29, 1.82) is 0 Å². The highest BCUT2D eigenvalue weighted by Gasteiger charge is 2.23. The van der Waals surface area contributed by atoms with Gasteiger partial charge in [-0.1, -0.05) is 0 Å². The van der Waals surface area contributed by atoms with Crippen molar-refractivity contribution >= 4 is 11.8 Å². The Morgan fingerprint density at radius 3 is 3.05 bits per heavy atom. The number of aromatic nitrogens is 2. The second-order valence-corrected chi connectivity index (χ2v) is 4.87. The summed E-state index contributed by atoms with van der Waals surface area (Å²) in [5.41, 5.74) is 0. The third-order valence-electron chi connectivity index (χ3n) is 3.32. The Hall–Kier alpha value is -1.85. The molecule has 1 atom stereocenters. The monoisotopic (exact) mass is 265 g/mol. The number of piperidine rings is 1. The van der Waals surface area contributed by atoms with Gasteiger partial charge in [0.2, 0.25) is 5.88 Å². The van der Waals surface area contributed by atoms with E-state index in [0.29, 0.717) is 11.7 Å². The maximum absolute atomic E-state index is 10.8. The van der Waals surface area contributed by atoms with Gasteiger partial charge >= 0.3 is 5.97 Å². The Morgan fingerprint density at radius 1 is 1.58 bits per heavy atom. The zero-order chi connectivity index (χ0) is 13.8. The normalized spacial score (nSPS) is 19.3. The van der Waals surface area contributed by atoms with Crippen molar-refractivity contribution in [2.24, 2.45) is 5.92 Å². The number of aryl methyl sites for hydroxylation is 1. The van der Waals surface area contributed by atoms with Gasteiger partial charge in [0.15, 0.2) is 0 Å². The molecule has 1 N–H and O–H groups in total. The molecule has 6 nitrogen and oxygen atoms in total. The van der Waals surface area contributed by atoms with Crippen molar-refractivity contribution in [2.75, 3.05) is 25.1 Å². The van der Waals surface area contributed by atoms with Crippen LogP contribution >= 0.6 is 0 Å². The van der Waals surface area contributed by atoms with Gasteiger partial charge in [-0.15, -0.1) is 0 Å². The van der Waals surface area contributed by atoms with Crippen molar-refractivity contribution in [2.45, 2.75) is 26.2 Å². The fourth-order valence-corrected chi connectivity index (χ4v) is 2.48. The summed E-state index contributed by atoms with van der Waals surface area (Å²) in [5, 5.41) is 8.88. The molecule has 0 spiro atoms. The molecule has 104 valence electrons. The minimum absolute atomic E-state index is 0.188. The van der Waals surface area contributed by atoms with E-state index in [1.807, 2.05) is 6.92 Å². The van der Waals surface area contributed by atoms with Gasteiger partial charge in [0.05, 0.1) is 7.11 Å². The highest BCUT2D eigenvalue weighted by Crippen LogP contribution is 2.25. The number of nitrogens with zero attached hydrogens (tertiary/aromatic N) is 3. The molecule has 0 saturated carbocycles. The van der Waals surface area contributed by atoms with Gasteiger partial charge in [0.1, 0.15) is 11.6 Å². The van der Waals surface area contributed by atoms with Crippen LogP contribution in [0.25, 0.3) is 0 Å². The lowest BCUT2D eigenvalue weighted by Crippen LogP contribution is -2.37. The summed E-state index contributed by atoms with van der Waals surface area (Å²) in [6, 6.07) is 1.80. The van der Waals surface area contributed by atoms with Gasteiger partial charge in [-0.3, -0.25) is 4.79 Å². The molecular weight excluding hydrogens is 246 g/mol. The molecule has 0 aromatic carbocycles. The number of aliphatic carboxylic acids is 1. The van der Waals surface area contributed by atoms with Gasteiger partial charge in [0, 0.05) is 25.6 Å². The van der Waals surface area contributed by atoms with E-state index >= 15 is 0 Å². The standard InChI is InChI=1S/C13H19N3O3/c1-9-14-11(7-12(15-9)19-2)16-5-3-4-10(8-16)6-13(17)18/h7,10H,3-6,8H2,1-2H3,(H,17,18). The maximum Gasteiger partial charge on any atom is 0.303 e. The molecule has 1 saturated heterocycles. The number of ether oxygens (including phenoxy) is 1. The van der Waals surface area contributed by atoms with Crippen LogP contribution in [0.5, 0.6) is 5.88 Å². The molecule has 1 aliphatic rings. The van der Waals surface area contributed by atoms with Crippen LogP contribution in [0.1, 0.15) is 25.1 Å². The number of carboxylic acids is 1. The van der Waals surface area contributed by atoms with Crippen molar-refractivity contribution in [3.05, 3.63) is 11.9 Å². The smallest absolute Gasteiger partial charge is 0.303 e. The predicted molar refractivity (Wildman–Crippen MR) is 70.5 cm³/mol. The SMILES string of the molecule is COc1cc(N2CCCC(CC(=O)O)C2)nc(C)n1.